The van der Waals surface area contributed by atoms with Crippen LogP contribution in [-0.2, 0) is 19.1 Å². The Bertz CT molecular complexity index is 1050. The second kappa shape index (κ2) is 10.5. The second-order valence-electron chi connectivity index (χ2n) is 9.93. The number of aliphatic carboxylic acids is 1. The van der Waals surface area contributed by atoms with Crippen molar-refractivity contribution in [2.75, 3.05) is 20.3 Å². The Morgan fingerprint density at radius 1 is 1.00 bits per heavy atom. The average Bonchev–Trinajstić information content (AvgIpc) is 3.13. The summed E-state index contributed by atoms with van der Waals surface area (Å²) < 4.78 is 10.6. The Morgan fingerprint density at radius 3 is 2.00 bits per heavy atom. The fourth-order valence-electron chi connectivity index (χ4n) is 4.48. The number of amides is 2. The largest absolute Gasteiger partial charge is 0.479 e. The molecule has 3 N–H and O–H groups in total. The van der Waals surface area contributed by atoms with E-state index in [0.29, 0.717) is 0 Å². The number of benzene rings is 2. The van der Waals surface area contributed by atoms with Crippen molar-refractivity contribution >= 4 is 18.0 Å². The van der Waals surface area contributed by atoms with E-state index in [1.54, 1.807) is 27.7 Å². The SMILES string of the molecule is CCC(COC)(NC(=O)C(NC(=O)OCC1c2ccccc2-c2ccccc21)C(C)(C)C)C(=O)O. The van der Waals surface area contributed by atoms with Crippen LogP contribution in [0.3, 0.4) is 0 Å². The van der Waals surface area contributed by atoms with Gasteiger partial charge >= 0.3 is 12.1 Å². The number of nitrogens with one attached hydrogen (secondary N) is 2. The number of fused-ring (bicyclic) bond motifs is 3. The van der Waals surface area contributed by atoms with E-state index in [2.05, 4.69) is 22.8 Å². The van der Waals surface area contributed by atoms with E-state index in [1.165, 1.54) is 7.11 Å². The van der Waals surface area contributed by atoms with Crippen LogP contribution in [0.25, 0.3) is 11.1 Å². The molecular weight excluding hydrogens is 448 g/mol. The molecule has 0 fully saturated rings. The van der Waals surface area contributed by atoms with Crippen molar-refractivity contribution in [3.63, 3.8) is 0 Å². The van der Waals surface area contributed by atoms with Gasteiger partial charge in [-0.15, -0.1) is 0 Å². The zero-order chi connectivity index (χ0) is 25.8. The van der Waals surface area contributed by atoms with Crippen LogP contribution >= 0.6 is 0 Å². The number of alkyl carbamates (subject to hydrolysis) is 1. The molecule has 0 saturated heterocycles. The van der Waals surface area contributed by atoms with Gasteiger partial charge in [0, 0.05) is 13.0 Å². The third-order valence-electron chi connectivity index (χ3n) is 6.50. The molecule has 2 atom stereocenters. The molecule has 0 aliphatic heterocycles. The highest BCUT2D eigenvalue weighted by Gasteiger charge is 2.43. The topological polar surface area (TPSA) is 114 Å². The van der Waals surface area contributed by atoms with Gasteiger partial charge < -0.3 is 25.2 Å². The number of hydrogen-bond donors (Lipinski definition) is 3. The van der Waals surface area contributed by atoms with Gasteiger partial charge in [0.1, 0.15) is 12.6 Å². The first-order valence-electron chi connectivity index (χ1n) is 11.7. The van der Waals surface area contributed by atoms with E-state index in [1.807, 2.05) is 36.4 Å². The van der Waals surface area contributed by atoms with Crippen LogP contribution in [0.5, 0.6) is 0 Å². The van der Waals surface area contributed by atoms with Crippen LogP contribution in [-0.4, -0.2) is 55.0 Å². The molecule has 0 aromatic heterocycles. The molecule has 188 valence electrons. The number of carbonyl (C=O) groups excluding carboxylic acids is 2. The predicted octanol–water partition coefficient (Wildman–Crippen LogP) is 3.94. The molecule has 3 rings (SSSR count). The van der Waals surface area contributed by atoms with Gasteiger partial charge in [-0.3, -0.25) is 4.79 Å². The van der Waals surface area contributed by atoms with E-state index in [0.717, 1.165) is 22.3 Å². The Balaban J connectivity index is 1.73. The summed E-state index contributed by atoms with van der Waals surface area (Å²) >= 11 is 0. The molecule has 8 heteroatoms. The predicted molar refractivity (Wildman–Crippen MR) is 132 cm³/mol. The van der Waals surface area contributed by atoms with Crippen molar-refractivity contribution in [1.82, 2.24) is 10.6 Å². The van der Waals surface area contributed by atoms with Crippen LogP contribution in [0.4, 0.5) is 4.79 Å². The van der Waals surface area contributed by atoms with Crippen molar-refractivity contribution in [1.29, 1.82) is 0 Å². The van der Waals surface area contributed by atoms with E-state index in [4.69, 9.17) is 9.47 Å². The molecule has 0 bridgehead atoms. The van der Waals surface area contributed by atoms with E-state index >= 15 is 0 Å². The van der Waals surface area contributed by atoms with E-state index in [-0.39, 0.29) is 25.6 Å². The fourth-order valence-corrected chi connectivity index (χ4v) is 4.48. The van der Waals surface area contributed by atoms with Crippen molar-refractivity contribution < 1.29 is 29.0 Å². The quantitative estimate of drug-likeness (QED) is 0.499. The highest BCUT2D eigenvalue weighted by Crippen LogP contribution is 2.44. The van der Waals surface area contributed by atoms with Crippen molar-refractivity contribution in [3.05, 3.63) is 59.7 Å². The van der Waals surface area contributed by atoms with Gasteiger partial charge in [0.05, 0.1) is 6.61 Å². The second-order valence-corrected chi connectivity index (χ2v) is 9.93. The van der Waals surface area contributed by atoms with Gasteiger partial charge in [0.15, 0.2) is 5.54 Å². The van der Waals surface area contributed by atoms with Gasteiger partial charge in [-0.25, -0.2) is 9.59 Å². The van der Waals surface area contributed by atoms with Gasteiger partial charge in [-0.05, 0) is 34.1 Å². The molecule has 35 heavy (non-hydrogen) atoms. The van der Waals surface area contributed by atoms with Gasteiger partial charge in [0.25, 0.3) is 0 Å². The lowest BCUT2D eigenvalue weighted by Gasteiger charge is -2.35. The maximum absolute atomic E-state index is 13.2. The normalized spacial score (nSPS) is 15.3. The Hall–Kier alpha value is -3.39. The van der Waals surface area contributed by atoms with Crippen LogP contribution < -0.4 is 10.6 Å². The molecule has 0 saturated carbocycles. The Kier molecular flexibility index (Phi) is 7.85. The van der Waals surface area contributed by atoms with Crippen molar-refractivity contribution in [2.24, 2.45) is 5.41 Å². The molecule has 0 heterocycles. The van der Waals surface area contributed by atoms with Crippen LogP contribution in [0.15, 0.2) is 48.5 Å². The highest BCUT2D eigenvalue weighted by atomic mass is 16.5. The lowest BCUT2D eigenvalue weighted by Crippen LogP contribution is -2.63. The lowest BCUT2D eigenvalue weighted by atomic mass is 9.85. The molecule has 0 spiro atoms. The molecular formula is C27H34N2O6. The lowest BCUT2D eigenvalue weighted by molar-refractivity contribution is -0.151. The zero-order valence-electron chi connectivity index (χ0n) is 20.9. The van der Waals surface area contributed by atoms with E-state index < -0.39 is 35.0 Å². The van der Waals surface area contributed by atoms with Gasteiger partial charge in [0.2, 0.25) is 5.91 Å². The Labute approximate surface area is 206 Å². The number of carbonyl (C=O) groups is 3. The van der Waals surface area contributed by atoms with Gasteiger partial charge in [-0.2, -0.15) is 0 Å². The van der Waals surface area contributed by atoms with Gasteiger partial charge in [-0.1, -0.05) is 76.2 Å². The third-order valence-corrected chi connectivity index (χ3v) is 6.50. The molecule has 8 nitrogen and oxygen atoms in total. The molecule has 1 aliphatic rings. The summed E-state index contributed by atoms with van der Waals surface area (Å²) in [5.41, 5.74) is 2.10. The number of carboxylic acid groups (broad SMARTS) is 1. The average molecular weight is 483 g/mol. The maximum Gasteiger partial charge on any atom is 0.407 e. The van der Waals surface area contributed by atoms with Crippen molar-refractivity contribution in [2.45, 2.75) is 51.6 Å². The minimum absolute atomic E-state index is 0.107. The van der Waals surface area contributed by atoms with Crippen LogP contribution in [0, 0.1) is 5.41 Å². The third kappa shape index (κ3) is 5.48. The first kappa shape index (κ1) is 26.2. The standard InChI is InChI=1S/C27H34N2O6/c1-6-27(16-34-5,24(31)32)29-23(30)22(26(2,3)4)28-25(33)35-15-21-19-13-9-7-11-17(19)18-12-8-10-14-20(18)21/h7-14,21-22H,6,15-16H2,1-5H3,(H,28,33)(H,29,30)(H,31,32). The number of methoxy groups -OCH3 is 1. The maximum atomic E-state index is 13.2. The van der Waals surface area contributed by atoms with Crippen LogP contribution in [0.2, 0.25) is 0 Å². The minimum Gasteiger partial charge on any atom is -0.479 e. The Morgan fingerprint density at radius 2 is 1.54 bits per heavy atom. The van der Waals surface area contributed by atoms with Crippen molar-refractivity contribution in [3.8, 4) is 11.1 Å². The summed E-state index contributed by atoms with van der Waals surface area (Å²) in [6, 6.07) is 15.0. The first-order chi connectivity index (χ1) is 16.5. The molecule has 2 unspecified atom stereocenters. The molecule has 2 aromatic rings. The van der Waals surface area contributed by atoms with Crippen LogP contribution in [0.1, 0.15) is 51.2 Å². The summed E-state index contributed by atoms with van der Waals surface area (Å²) in [4.78, 5) is 37.9. The molecule has 1 aliphatic carbocycles. The number of hydrogen-bond acceptors (Lipinski definition) is 5. The summed E-state index contributed by atoms with van der Waals surface area (Å²) in [5, 5.41) is 15.0. The summed E-state index contributed by atoms with van der Waals surface area (Å²) in [5.74, 6) is -1.94. The fraction of sp³-hybridized carbons (Fsp3) is 0.444. The summed E-state index contributed by atoms with van der Waals surface area (Å²) in [7, 11) is 1.37. The molecule has 0 radical (unpaired) electrons. The van der Waals surface area contributed by atoms with E-state index in [9.17, 15) is 19.5 Å². The number of rotatable bonds is 9. The minimum atomic E-state index is -1.60. The first-order valence-corrected chi connectivity index (χ1v) is 11.7. The summed E-state index contributed by atoms with van der Waals surface area (Å²) in [6.07, 6.45) is -0.630. The smallest absolute Gasteiger partial charge is 0.407 e. The number of carboxylic acids is 1. The zero-order valence-corrected chi connectivity index (χ0v) is 20.9. The molecule has 2 amide bonds. The molecule has 2 aromatic carbocycles. The monoisotopic (exact) mass is 482 g/mol. The number of ether oxygens (including phenoxy) is 2. The highest BCUT2D eigenvalue weighted by molar-refractivity contribution is 5.92. The summed E-state index contributed by atoms with van der Waals surface area (Å²) in [6.45, 7) is 6.91.